The van der Waals surface area contributed by atoms with Crippen LogP contribution in [0.25, 0.3) is 0 Å². The van der Waals surface area contributed by atoms with Gasteiger partial charge in [0.25, 0.3) is 0 Å². The van der Waals surface area contributed by atoms with Crippen molar-refractivity contribution >= 4 is 0 Å². The van der Waals surface area contributed by atoms with E-state index < -0.39 is 0 Å². The molecular weight excluding hydrogens is 148 g/mol. The van der Waals surface area contributed by atoms with Gasteiger partial charge in [-0.25, -0.2) is 0 Å². The molecule has 0 aromatic carbocycles. The highest BCUT2D eigenvalue weighted by Crippen LogP contribution is 2.42. The summed E-state index contributed by atoms with van der Waals surface area (Å²) >= 11 is 0. The zero-order valence-corrected chi connectivity index (χ0v) is 8.94. The van der Waals surface area contributed by atoms with Crippen LogP contribution in [0.5, 0.6) is 0 Å². The molecule has 0 amide bonds. The summed E-state index contributed by atoms with van der Waals surface area (Å²) in [5.41, 5.74) is 0.867. The quantitative estimate of drug-likeness (QED) is 0.618. The summed E-state index contributed by atoms with van der Waals surface area (Å²) in [6.45, 7) is 11.1. The smallest absolute Gasteiger partial charge is 0.0520 e. The minimum atomic E-state index is 0.434. The van der Waals surface area contributed by atoms with Gasteiger partial charge in [-0.2, -0.15) is 0 Å². The zero-order chi connectivity index (χ0) is 9.24. The van der Waals surface area contributed by atoms with Gasteiger partial charge in [-0.05, 0) is 30.1 Å². The van der Waals surface area contributed by atoms with Crippen LogP contribution >= 0.6 is 0 Å². The maximum atomic E-state index is 5.68. The molecule has 1 fully saturated rings. The lowest BCUT2D eigenvalue weighted by Crippen LogP contribution is -2.39. The highest BCUT2D eigenvalue weighted by atomic mass is 16.5. The fraction of sp³-hybridized carbons (Fsp3) is 1.00. The zero-order valence-electron chi connectivity index (χ0n) is 8.94. The fourth-order valence-corrected chi connectivity index (χ4v) is 2.13. The lowest BCUT2D eigenvalue weighted by atomic mass is 9.69. The van der Waals surface area contributed by atoms with Gasteiger partial charge in [0.2, 0.25) is 0 Å². The third-order valence-electron chi connectivity index (χ3n) is 3.46. The Labute approximate surface area is 76.5 Å². The first-order valence-electron chi connectivity index (χ1n) is 5.11. The topological polar surface area (TPSA) is 9.23 Å². The van der Waals surface area contributed by atoms with E-state index in [0.717, 1.165) is 13.2 Å². The predicted octanol–water partition coefficient (Wildman–Crippen LogP) is 3.24. The van der Waals surface area contributed by atoms with E-state index in [9.17, 15) is 0 Å². The summed E-state index contributed by atoms with van der Waals surface area (Å²) in [4.78, 5) is 0. The van der Waals surface area contributed by atoms with Gasteiger partial charge >= 0.3 is 0 Å². The summed E-state index contributed by atoms with van der Waals surface area (Å²) in [6.07, 6.45) is 3.80. The van der Waals surface area contributed by atoms with Gasteiger partial charge in [0.1, 0.15) is 0 Å². The minimum absolute atomic E-state index is 0.434. The maximum absolute atomic E-state index is 5.68. The molecule has 0 aliphatic carbocycles. The Morgan fingerprint density at radius 3 is 1.75 bits per heavy atom. The average molecular weight is 170 g/mol. The van der Waals surface area contributed by atoms with E-state index in [1.807, 2.05) is 0 Å². The summed E-state index contributed by atoms with van der Waals surface area (Å²) in [5, 5.41) is 0. The Bertz CT molecular complexity index is 139. The molecular formula is C11H22O. The maximum Gasteiger partial charge on any atom is 0.0520 e. The second-order valence-corrected chi connectivity index (χ2v) is 5.00. The van der Waals surface area contributed by atoms with Gasteiger partial charge in [-0.15, -0.1) is 0 Å². The molecule has 0 spiro atoms. The molecule has 1 aliphatic heterocycles. The van der Waals surface area contributed by atoms with Gasteiger partial charge in [-0.1, -0.05) is 27.7 Å². The highest BCUT2D eigenvalue weighted by Gasteiger charge is 2.37. The lowest BCUT2D eigenvalue weighted by Gasteiger charge is -2.43. The van der Waals surface area contributed by atoms with Crippen LogP contribution < -0.4 is 0 Å². The Balaban J connectivity index is 2.62. The van der Waals surface area contributed by atoms with E-state index >= 15 is 0 Å². The highest BCUT2D eigenvalue weighted by molar-refractivity contribution is 4.87. The SMILES string of the molecule is CCC1(C)COCC(C)(CC)C1. The van der Waals surface area contributed by atoms with Crippen LogP contribution in [-0.4, -0.2) is 13.2 Å². The van der Waals surface area contributed by atoms with Gasteiger partial charge in [0.05, 0.1) is 13.2 Å². The van der Waals surface area contributed by atoms with Crippen molar-refractivity contribution in [3.8, 4) is 0 Å². The Morgan fingerprint density at radius 1 is 1.00 bits per heavy atom. The van der Waals surface area contributed by atoms with Gasteiger partial charge < -0.3 is 4.74 Å². The fourth-order valence-electron chi connectivity index (χ4n) is 2.13. The average Bonchev–Trinajstić information content (AvgIpc) is 2.05. The Hall–Kier alpha value is -0.0400. The largest absolute Gasteiger partial charge is 0.380 e. The Morgan fingerprint density at radius 2 is 1.42 bits per heavy atom. The van der Waals surface area contributed by atoms with Gasteiger partial charge in [0.15, 0.2) is 0 Å². The summed E-state index contributed by atoms with van der Waals surface area (Å²) in [5.74, 6) is 0. The number of rotatable bonds is 2. The second-order valence-electron chi connectivity index (χ2n) is 5.00. The molecule has 12 heavy (non-hydrogen) atoms. The van der Waals surface area contributed by atoms with Crippen molar-refractivity contribution in [2.75, 3.05) is 13.2 Å². The summed E-state index contributed by atoms with van der Waals surface area (Å²) in [6, 6.07) is 0. The van der Waals surface area contributed by atoms with E-state index in [1.54, 1.807) is 0 Å². The van der Waals surface area contributed by atoms with Crippen molar-refractivity contribution in [1.82, 2.24) is 0 Å². The molecule has 0 aromatic rings. The molecule has 1 rings (SSSR count). The first-order chi connectivity index (χ1) is 5.54. The van der Waals surface area contributed by atoms with Gasteiger partial charge in [-0.3, -0.25) is 0 Å². The van der Waals surface area contributed by atoms with Crippen LogP contribution in [0.4, 0.5) is 0 Å². The van der Waals surface area contributed by atoms with Crippen LogP contribution in [0.3, 0.4) is 0 Å². The molecule has 1 heterocycles. The van der Waals surface area contributed by atoms with E-state index in [4.69, 9.17) is 4.74 Å². The van der Waals surface area contributed by atoms with Crippen molar-refractivity contribution in [2.24, 2.45) is 10.8 Å². The molecule has 1 heteroatoms. The predicted molar refractivity (Wildman–Crippen MR) is 52.2 cm³/mol. The molecule has 0 bridgehead atoms. The van der Waals surface area contributed by atoms with E-state index in [0.29, 0.717) is 10.8 Å². The van der Waals surface area contributed by atoms with E-state index in [1.165, 1.54) is 19.3 Å². The van der Waals surface area contributed by atoms with Crippen molar-refractivity contribution in [1.29, 1.82) is 0 Å². The molecule has 0 radical (unpaired) electrons. The standard InChI is InChI=1S/C11H22O/c1-5-10(3)7-11(4,6-2)9-12-8-10/h5-9H2,1-4H3. The van der Waals surface area contributed by atoms with E-state index in [-0.39, 0.29) is 0 Å². The number of ether oxygens (including phenoxy) is 1. The molecule has 2 atom stereocenters. The third-order valence-corrected chi connectivity index (χ3v) is 3.46. The molecule has 1 nitrogen and oxygen atoms in total. The van der Waals surface area contributed by atoms with Crippen LogP contribution in [0.2, 0.25) is 0 Å². The van der Waals surface area contributed by atoms with Crippen LogP contribution in [0.15, 0.2) is 0 Å². The van der Waals surface area contributed by atoms with Crippen LogP contribution in [0, 0.1) is 10.8 Å². The molecule has 0 aromatic heterocycles. The first kappa shape index (κ1) is 10.0. The third kappa shape index (κ3) is 2.01. The number of hydrogen-bond donors (Lipinski definition) is 0. The lowest BCUT2D eigenvalue weighted by molar-refractivity contribution is -0.0787. The first-order valence-corrected chi connectivity index (χ1v) is 5.11. The summed E-state index contributed by atoms with van der Waals surface area (Å²) < 4.78 is 5.68. The number of hydrogen-bond acceptors (Lipinski definition) is 1. The van der Waals surface area contributed by atoms with E-state index in [2.05, 4.69) is 27.7 Å². The monoisotopic (exact) mass is 170 g/mol. The van der Waals surface area contributed by atoms with Crippen molar-refractivity contribution < 1.29 is 4.74 Å². The molecule has 1 saturated heterocycles. The van der Waals surface area contributed by atoms with Crippen molar-refractivity contribution in [2.45, 2.75) is 47.0 Å². The minimum Gasteiger partial charge on any atom is -0.380 e. The molecule has 0 saturated carbocycles. The molecule has 0 N–H and O–H groups in total. The van der Waals surface area contributed by atoms with Crippen molar-refractivity contribution in [3.05, 3.63) is 0 Å². The normalized spacial score (nSPS) is 43.0. The summed E-state index contributed by atoms with van der Waals surface area (Å²) in [7, 11) is 0. The van der Waals surface area contributed by atoms with Crippen molar-refractivity contribution in [3.63, 3.8) is 0 Å². The second kappa shape index (κ2) is 3.37. The molecule has 2 unspecified atom stereocenters. The van der Waals surface area contributed by atoms with Gasteiger partial charge in [0, 0.05) is 0 Å². The molecule has 72 valence electrons. The van der Waals surface area contributed by atoms with Crippen LogP contribution in [0.1, 0.15) is 47.0 Å². The molecule has 1 aliphatic rings. The Kier molecular flexibility index (Phi) is 2.82. The van der Waals surface area contributed by atoms with Crippen LogP contribution in [-0.2, 0) is 4.74 Å².